The molecule has 0 aliphatic carbocycles. The van der Waals surface area contributed by atoms with Gasteiger partial charge >= 0.3 is 7.32 Å². The van der Waals surface area contributed by atoms with Crippen LogP contribution in [0.15, 0.2) is 12.1 Å². The zero-order valence-corrected chi connectivity index (χ0v) is 14.1. The first kappa shape index (κ1) is 21.4. The molecule has 1 aromatic rings. The molecule has 0 unspecified atom stereocenters. The summed E-state index contributed by atoms with van der Waals surface area (Å²) < 4.78 is 4.51. The highest BCUT2D eigenvalue weighted by atomic mass is 16.6. The topological polar surface area (TPSA) is 147 Å². The Labute approximate surface area is 142 Å². The van der Waals surface area contributed by atoms with Gasteiger partial charge in [0, 0.05) is 5.54 Å². The molecule has 0 heterocycles. The quantitative estimate of drug-likeness (QED) is 0.695. The van der Waals surface area contributed by atoms with Crippen LogP contribution in [-0.2, 0) is 0 Å². The summed E-state index contributed by atoms with van der Waals surface area (Å²) in [5.41, 5.74) is 5.70. The smallest absolute Gasteiger partial charge is 0.511 e. The van der Waals surface area contributed by atoms with Gasteiger partial charge in [-0.1, -0.05) is 20.8 Å². The van der Waals surface area contributed by atoms with Crippen molar-refractivity contribution in [2.24, 2.45) is 5.73 Å². The van der Waals surface area contributed by atoms with E-state index in [1.165, 1.54) is 12.1 Å². The Morgan fingerprint density at radius 2 is 1.50 bits per heavy atom. The molecule has 0 aliphatic heterocycles. The number of hydrogen-bond donors (Lipinski definition) is 3. The minimum Gasteiger partial charge on any atom is -0.511 e. The molecule has 1 aromatic carbocycles. The Morgan fingerprint density at radius 3 is 1.79 bits per heavy atom. The SMILES string of the molecule is CCC(N)(CC)CC.N#Cc1ccc(OB(O)O)c(C#N)c1C#N. The van der Waals surface area contributed by atoms with Crippen LogP contribution in [0.3, 0.4) is 0 Å². The van der Waals surface area contributed by atoms with Crippen molar-refractivity contribution in [2.75, 3.05) is 0 Å². The van der Waals surface area contributed by atoms with E-state index in [1.807, 2.05) is 0 Å². The number of benzene rings is 1. The van der Waals surface area contributed by atoms with Crippen molar-refractivity contribution in [1.29, 1.82) is 15.8 Å². The fourth-order valence-corrected chi connectivity index (χ4v) is 1.87. The molecule has 0 aromatic heterocycles. The van der Waals surface area contributed by atoms with E-state index in [1.54, 1.807) is 18.2 Å². The number of hydrogen-bond acceptors (Lipinski definition) is 7. The average Bonchev–Trinajstić information content (AvgIpc) is 2.60. The highest BCUT2D eigenvalue weighted by Crippen LogP contribution is 2.24. The van der Waals surface area contributed by atoms with Crippen molar-refractivity contribution < 1.29 is 14.7 Å². The Balaban J connectivity index is 0.000000561. The zero-order chi connectivity index (χ0) is 18.8. The van der Waals surface area contributed by atoms with Crippen LogP contribution in [0.5, 0.6) is 5.75 Å². The lowest BCUT2D eigenvalue weighted by Gasteiger charge is -2.23. The van der Waals surface area contributed by atoms with Crippen molar-refractivity contribution in [3.8, 4) is 24.0 Å². The van der Waals surface area contributed by atoms with Gasteiger partial charge < -0.3 is 20.4 Å². The lowest BCUT2D eigenvalue weighted by molar-refractivity contribution is 0.288. The maximum atomic E-state index is 8.81. The second kappa shape index (κ2) is 10.3. The maximum absolute atomic E-state index is 8.81. The van der Waals surface area contributed by atoms with Crippen LogP contribution in [0.1, 0.15) is 56.7 Å². The van der Waals surface area contributed by atoms with E-state index in [2.05, 4.69) is 25.4 Å². The highest BCUT2D eigenvalue weighted by molar-refractivity contribution is 6.33. The summed E-state index contributed by atoms with van der Waals surface area (Å²) in [4.78, 5) is 0. The summed E-state index contributed by atoms with van der Waals surface area (Å²) in [7, 11) is -2.09. The molecule has 0 fully saturated rings. The van der Waals surface area contributed by atoms with E-state index in [0.29, 0.717) is 0 Å². The molecule has 0 spiro atoms. The fourth-order valence-electron chi connectivity index (χ4n) is 1.87. The summed E-state index contributed by atoms with van der Waals surface area (Å²) >= 11 is 0. The molecular formula is C16H21BN4O3. The van der Waals surface area contributed by atoms with Crippen LogP contribution in [-0.4, -0.2) is 22.9 Å². The van der Waals surface area contributed by atoms with Crippen LogP contribution < -0.4 is 10.4 Å². The first-order chi connectivity index (χ1) is 11.3. The van der Waals surface area contributed by atoms with E-state index in [9.17, 15) is 0 Å². The molecule has 8 heteroatoms. The highest BCUT2D eigenvalue weighted by Gasteiger charge is 2.19. The summed E-state index contributed by atoms with van der Waals surface area (Å²) in [6.45, 7) is 6.44. The molecular weight excluding hydrogens is 307 g/mol. The van der Waals surface area contributed by atoms with Crippen LogP contribution in [0.25, 0.3) is 0 Å². The van der Waals surface area contributed by atoms with Crippen molar-refractivity contribution in [2.45, 2.75) is 45.6 Å². The summed E-state index contributed by atoms with van der Waals surface area (Å²) in [6, 6.07) is 7.59. The summed E-state index contributed by atoms with van der Waals surface area (Å²) in [6.07, 6.45) is 3.29. The molecule has 0 amide bonds. The molecule has 0 saturated heterocycles. The van der Waals surface area contributed by atoms with E-state index in [-0.39, 0.29) is 28.0 Å². The molecule has 1 rings (SSSR count). The molecule has 0 bridgehead atoms. The van der Waals surface area contributed by atoms with Crippen molar-refractivity contribution in [1.82, 2.24) is 0 Å². The molecule has 0 aliphatic rings. The summed E-state index contributed by atoms with van der Waals surface area (Å²) in [5, 5.41) is 43.5. The molecule has 0 saturated carbocycles. The normalized spacial score (nSPS) is 9.62. The zero-order valence-electron chi connectivity index (χ0n) is 14.1. The third kappa shape index (κ3) is 5.91. The molecule has 0 radical (unpaired) electrons. The molecule has 24 heavy (non-hydrogen) atoms. The predicted octanol–water partition coefficient (Wildman–Crippen LogP) is 1.56. The van der Waals surface area contributed by atoms with Gasteiger partial charge in [0.1, 0.15) is 29.5 Å². The van der Waals surface area contributed by atoms with Crippen molar-refractivity contribution >= 4 is 7.32 Å². The molecule has 0 atom stereocenters. The Hall–Kier alpha value is -2.57. The first-order valence-corrected chi connectivity index (χ1v) is 7.51. The van der Waals surface area contributed by atoms with Gasteiger partial charge in [-0.05, 0) is 31.4 Å². The Bertz CT molecular complexity index is 659. The van der Waals surface area contributed by atoms with Crippen molar-refractivity contribution in [3.05, 3.63) is 28.8 Å². The average molecular weight is 328 g/mol. The standard InChI is InChI=1S/C9H4BN3O3.C7H17N/c11-3-6-1-2-9(16-10(14)15)8(5-13)7(6)4-12;1-4-7(8,5-2)6-3/h1-2,14-15H;4-6,8H2,1-3H3. The predicted molar refractivity (Wildman–Crippen MR) is 89.2 cm³/mol. The minimum absolute atomic E-state index is 0.0267. The lowest BCUT2D eigenvalue weighted by Crippen LogP contribution is -2.37. The number of nitriles is 3. The number of nitrogens with zero attached hydrogens (tertiary/aromatic N) is 3. The van der Waals surface area contributed by atoms with Crippen LogP contribution >= 0.6 is 0 Å². The van der Waals surface area contributed by atoms with Crippen LogP contribution in [0.2, 0.25) is 0 Å². The third-order valence-electron chi connectivity index (χ3n) is 3.86. The fraction of sp³-hybridized carbons (Fsp3) is 0.438. The second-order valence-electron chi connectivity index (χ2n) is 5.06. The van der Waals surface area contributed by atoms with Gasteiger partial charge in [-0.25, -0.2) is 0 Å². The monoisotopic (exact) mass is 328 g/mol. The molecule has 126 valence electrons. The van der Waals surface area contributed by atoms with Crippen LogP contribution in [0.4, 0.5) is 0 Å². The van der Waals surface area contributed by atoms with Gasteiger partial charge in [0.05, 0.1) is 11.1 Å². The van der Waals surface area contributed by atoms with Gasteiger partial charge in [0.2, 0.25) is 0 Å². The molecule has 4 N–H and O–H groups in total. The third-order valence-corrected chi connectivity index (χ3v) is 3.86. The van der Waals surface area contributed by atoms with Crippen molar-refractivity contribution in [3.63, 3.8) is 0 Å². The molecule has 7 nitrogen and oxygen atoms in total. The van der Waals surface area contributed by atoms with Gasteiger partial charge in [-0.15, -0.1) is 0 Å². The van der Waals surface area contributed by atoms with Crippen LogP contribution in [0, 0.1) is 34.0 Å². The van der Waals surface area contributed by atoms with Gasteiger partial charge in [-0.2, -0.15) is 15.8 Å². The lowest BCUT2D eigenvalue weighted by atomic mass is 9.92. The van der Waals surface area contributed by atoms with E-state index >= 15 is 0 Å². The van der Waals surface area contributed by atoms with E-state index < -0.39 is 7.32 Å². The Morgan fingerprint density at radius 1 is 1.00 bits per heavy atom. The van der Waals surface area contributed by atoms with Gasteiger partial charge in [-0.3, -0.25) is 0 Å². The van der Waals surface area contributed by atoms with E-state index in [4.69, 9.17) is 31.6 Å². The van der Waals surface area contributed by atoms with Gasteiger partial charge in [0.25, 0.3) is 0 Å². The number of rotatable bonds is 5. The second-order valence-corrected chi connectivity index (χ2v) is 5.06. The van der Waals surface area contributed by atoms with E-state index in [0.717, 1.165) is 19.3 Å². The minimum atomic E-state index is -2.09. The largest absolute Gasteiger partial charge is 0.707 e. The number of nitrogens with two attached hydrogens (primary N) is 1. The van der Waals surface area contributed by atoms with Gasteiger partial charge in [0.15, 0.2) is 0 Å². The first-order valence-electron chi connectivity index (χ1n) is 7.51. The maximum Gasteiger partial charge on any atom is 0.707 e. The summed E-state index contributed by atoms with van der Waals surface area (Å²) in [5.74, 6) is -0.159. The Kier molecular flexibility index (Phi) is 9.16.